The zero-order valence-electron chi connectivity index (χ0n) is 63.3. The van der Waals surface area contributed by atoms with E-state index in [0.717, 1.165) is 17.0 Å². The van der Waals surface area contributed by atoms with Crippen LogP contribution in [0.3, 0.4) is 0 Å². The molecular formula is C77H101N19O15. The van der Waals surface area contributed by atoms with Crippen LogP contribution in [-0.4, -0.2) is 194 Å². The summed E-state index contributed by atoms with van der Waals surface area (Å²) in [5.41, 5.74) is 13.7. The third kappa shape index (κ3) is 27.2. The number of nitrogens with one attached hydrogen (secondary N) is 14. The van der Waals surface area contributed by atoms with Gasteiger partial charge < -0.3 is 90.6 Å². The number of H-pyrrole nitrogens is 1. The zero-order chi connectivity index (χ0) is 81.0. The zero-order valence-corrected chi connectivity index (χ0v) is 63.3. The number of carbonyl (C=O) groups excluding carboxylic acids is 14. The number of pyridine rings is 1. The van der Waals surface area contributed by atoms with Gasteiger partial charge in [0, 0.05) is 82.8 Å². The van der Waals surface area contributed by atoms with Crippen molar-refractivity contribution in [1.29, 1.82) is 0 Å². The van der Waals surface area contributed by atoms with Gasteiger partial charge in [-0.15, -0.1) is 0 Å². The maximum Gasteiger partial charge on any atom is 0.264 e. The number of aliphatic hydroxyl groups is 1. The maximum absolute atomic E-state index is 15.3. The van der Waals surface area contributed by atoms with Crippen molar-refractivity contribution in [3.8, 4) is 0 Å². The fourth-order valence-electron chi connectivity index (χ4n) is 12.4. The van der Waals surface area contributed by atoms with E-state index < -0.39 is 144 Å². The van der Waals surface area contributed by atoms with E-state index in [-0.39, 0.29) is 80.7 Å². The molecule has 1 aliphatic rings. The van der Waals surface area contributed by atoms with Crippen molar-refractivity contribution in [2.24, 2.45) is 11.7 Å². The van der Waals surface area contributed by atoms with Gasteiger partial charge in [0.15, 0.2) is 6.17 Å². The molecular weight excluding hydrogens is 1430 g/mol. The molecule has 0 saturated carbocycles. The number of carbonyl (C=O) groups is 14. The molecule has 34 nitrogen and oxygen atoms in total. The molecule has 4 aromatic carbocycles. The topological polar surface area (TPSA) is 512 Å². The van der Waals surface area contributed by atoms with Crippen LogP contribution in [0.4, 0.5) is 17.2 Å². The highest BCUT2D eigenvalue weighted by molar-refractivity contribution is 6.03. The van der Waals surface area contributed by atoms with Crippen LogP contribution in [0.15, 0.2) is 122 Å². The first kappa shape index (κ1) is 86.0. The van der Waals surface area contributed by atoms with Crippen molar-refractivity contribution in [3.63, 3.8) is 0 Å². The third-order valence-corrected chi connectivity index (χ3v) is 18.0. The van der Waals surface area contributed by atoms with Gasteiger partial charge >= 0.3 is 0 Å². The van der Waals surface area contributed by atoms with E-state index >= 15 is 9.59 Å². The summed E-state index contributed by atoms with van der Waals surface area (Å²) in [6.45, 7) is 12.4. The van der Waals surface area contributed by atoms with Crippen molar-refractivity contribution in [2.45, 2.75) is 186 Å². The number of primary amides is 1. The molecule has 594 valence electrons. The van der Waals surface area contributed by atoms with E-state index in [1.807, 2.05) is 50.2 Å². The number of unbranched alkanes of at least 4 members (excludes halogenated alkanes) is 1. The monoisotopic (exact) mass is 1530 g/mol. The number of rotatable bonds is 40. The average Bonchev–Trinajstić information content (AvgIpc) is 1.73. The number of aliphatic hydroxyl groups excluding tert-OH is 1. The minimum atomic E-state index is -2.04. The Bertz CT molecular complexity index is 4270. The first-order valence-corrected chi connectivity index (χ1v) is 36.7. The van der Waals surface area contributed by atoms with Gasteiger partial charge in [0.25, 0.3) is 11.8 Å². The molecule has 0 unspecified atom stereocenters. The van der Waals surface area contributed by atoms with Crippen LogP contribution in [0.2, 0.25) is 0 Å². The molecule has 0 aliphatic carbocycles. The van der Waals surface area contributed by atoms with Crippen LogP contribution < -0.4 is 80.6 Å². The van der Waals surface area contributed by atoms with Crippen LogP contribution in [0.1, 0.15) is 127 Å². The summed E-state index contributed by atoms with van der Waals surface area (Å²) in [4.78, 5) is 201. The lowest BCUT2D eigenvalue weighted by molar-refractivity contribution is -0.142. The van der Waals surface area contributed by atoms with Gasteiger partial charge in [-0.2, -0.15) is 5.10 Å². The fraction of sp³-hybridized carbons (Fsp3) is 0.429. The van der Waals surface area contributed by atoms with Crippen molar-refractivity contribution < 1.29 is 72.2 Å². The Balaban J connectivity index is 1.18. The lowest BCUT2D eigenvalue weighted by Gasteiger charge is -2.31. The van der Waals surface area contributed by atoms with E-state index in [0.29, 0.717) is 59.4 Å². The smallest absolute Gasteiger partial charge is 0.264 e. The predicted octanol–water partition coefficient (Wildman–Crippen LogP) is 0.201. The lowest BCUT2D eigenvalue weighted by Crippen LogP contribution is -2.64. The Labute approximate surface area is 642 Å². The Morgan fingerprint density at radius 2 is 1.05 bits per heavy atom. The molecule has 19 N–H and O–H groups in total. The summed E-state index contributed by atoms with van der Waals surface area (Å²) in [7, 11) is 0. The van der Waals surface area contributed by atoms with Crippen LogP contribution >= 0.6 is 0 Å². The van der Waals surface area contributed by atoms with Crippen molar-refractivity contribution in [2.75, 3.05) is 36.1 Å². The number of benzene rings is 4. The molecule has 2 aromatic heterocycles. The van der Waals surface area contributed by atoms with E-state index in [2.05, 4.69) is 84.3 Å². The highest BCUT2D eigenvalue weighted by Crippen LogP contribution is 2.23. The molecule has 0 bridgehead atoms. The summed E-state index contributed by atoms with van der Waals surface area (Å²) in [6.07, 6.45) is 2.58. The van der Waals surface area contributed by atoms with Crippen LogP contribution in [0.5, 0.6) is 0 Å². The minimum absolute atomic E-state index is 0.000141. The van der Waals surface area contributed by atoms with Crippen LogP contribution in [0, 0.1) is 5.92 Å². The standard InChI is InChI=1S/C77H101N19O15/c1-42(2)33-58(69(103)87-57(18-11-12-31-81-43(3)4)77(111)96-32-14-19-64(96)75(109)83-44(5)66(79)101)88-70(104)60(35-48-21-26-54(27-22-48)84-45(6)98)89-71(105)61(36-49-23-28-55(29-24-49)85-46(7)99)90-74(108)63(41-97)92-72(106)62(38-51-15-13-30-80-39-51)91-76(110)67(93-68(102)56-40-82-95-65(56)78)94-73(107)59(86-47(8)100)37-50-20-25-52-16-9-10-17-53(52)34-50/h9-10,13,15-17,20-30,34,39-40,42-44,57-64,67,81,97H,11-12,14,18-19,31-33,35-38,41H2,1-8H3,(H2,79,101)(H,83,109)(H,84,98)(H,85,99)(H,86,100)(H,87,103)(H,88,104)(H,89,105)(H,90,108)(H,91,110)(H,92,106)(H,93,102)(H,94,107)(H3,78,82,95)/t44-,57+,58+,59-,60-,61+,62-,63+,64-,67-/m1/s1. The van der Waals surface area contributed by atoms with Gasteiger partial charge in [0.1, 0.15) is 65.8 Å². The normalized spacial score (nSPS) is 14.9. The minimum Gasteiger partial charge on any atom is -0.394 e. The fourth-order valence-corrected chi connectivity index (χ4v) is 12.4. The SMILES string of the molecule is CC(=O)Nc1ccc(C[C@H](NC(=O)[C@H](CO)NC(=O)[C@@H](Cc2cccnc2)NC(=O)[C@H](NC(=O)c2cn[nH]c2N)NC(=O)[C@@H](Cc2ccc3ccccc3c2)NC(C)=O)C(=O)N[C@H](Cc2ccc(NC(C)=O)cc2)C(=O)N[C@@H](CC(C)C)C(=O)N[C@@H](CCCCNC(C)C)C(=O)N2CCC[C@@H]2C(=O)N[C@H](C)C(N)=O)cc1. The van der Waals surface area contributed by atoms with Gasteiger partial charge in [-0.3, -0.25) is 77.2 Å². The molecule has 10 atom stereocenters. The third-order valence-electron chi connectivity index (χ3n) is 18.0. The number of nitrogen functional groups attached to an aromatic ring is 1. The second-order valence-electron chi connectivity index (χ2n) is 28.1. The molecule has 3 heterocycles. The number of anilines is 3. The molecule has 0 spiro atoms. The van der Waals surface area contributed by atoms with Gasteiger partial charge in [-0.1, -0.05) is 100 Å². The van der Waals surface area contributed by atoms with Gasteiger partial charge in [-0.25, -0.2) is 0 Å². The molecule has 7 rings (SSSR count). The van der Waals surface area contributed by atoms with E-state index in [1.165, 1.54) is 63.2 Å². The highest BCUT2D eigenvalue weighted by atomic mass is 16.3. The Morgan fingerprint density at radius 3 is 1.58 bits per heavy atom. The Kier molecular flexibility index (Phi) is 32.5. The molecule has 14 amide bonds. The van der Waals surface area contributed by atoms with Crippen molar-refractivity contribution in [1.82, 2.24) is 78.6 Å². The van der Waals surface area contributed by atoms with Crippen molar-refractivity contribution in [3.05, 3.63) is 150 Å². The first-order valence-electron chi connectivity index (χ1n) is 36.7. The number of likely N-dealkylation sites (tertiary alicyclic amines) is 1. The first-order chi connectivity index (χ1) is 52.8. The molecule has 111 heavy (non-hydrogen) atoms. The van der Waals surface area contributed by atoms with Crippen LogP contribution in [-0.2, 0) is 88.0 Å². The van der Waals surface area contributed by atoms with Crippen molar-refractivity contribution >= 4 is 111 Å². The maximum atomic E-state index is 15.3. The van der Waals surface area contributed by atoms with Crippen LogP contribution in [0.25, 0.3) is 10.8 Å². The molecule has 6 aromatic rings. The second kappa shape index (κ2) is 42.0. The van der Waals surface area contributed by atoms with Gasteiger partial charge in [0.2, 0.25) is 70.9 Å². The van der Waals surface area contributed by atoms with E-state index in [9.17, 15) is 62.6 Å². The molecule has 1 aliphatic heterocycles. The van der Waals surface area contributed by atoms with E-state index in [1.54, 1.807) is 62.4 Å². The highest BCUT2D eigenvalue weighted by Gasteiger charge is 2.41. The average molecular weight is 1530 g/mol. The van der Waals surface area contributed by atoms with Gasteiger partial charge in [0.05, 0.1) is 12.8 Å². The largest absolute Gasteiger partial charge is 0.394 e. The molecule has 1 fully saturated rings. The number of hydrogen-bond acceptors (Lipinski definition) is 19. The summed E-state index contributed by atoms with van der Waals surface area (Å²) in [5, 5.41) is 53.6. The number of nitrogens with two attached hydrogens (primary N) is 2. The summed E-state index contributed by atoms with van der Waals surface area (Å²) >= 11 is 0. The number of amides is 14. The molecule has 0 radical (unpaired) electrons. The Hall–Kier alpha value is -12.2. The number of fused-ring (bicyclic) bond motifs is 1. The number of hydrogen-bond donors (Lipinski definition) is 17. The van der Waals surface area contributed by atoms with E-state index in [4.69, 9.17) is 11.5 Å². The lowest BCUT2D eigenvalue weighted by atomic mass is 9.99. The summed E-state index contributed by atoms with van der Waals surface area (Å²) in [5.74, 6) is -12.0. The Morgan fingerprint density at radius 1 is 0.532 bits per heavy atom. The summed E-state index contributed by atoms with van der Waals surface area (Å²) < 4.78 is 0. The summed E-state index contributed by atoms with van der Waals surface area (Å²) in [6, 6.07) is 15.6. The number of aromatic nitrogens is 3. The number of aromatic amines is 1. The second-order valence-corrected chi connectivity index (χ2v) is 28.1. The van der Waals surface area contributed by atoms with Gasteiger partial charge in [-0.05, 0) is 121 Å². The quantitative estimate of drug-likeness (QED) is 0.0180. The predicted molar refractivity (Wildman–Crippen MR) is 411 cm³/mol. The molecule has 34 heteroatoms. The molecule has 1 saturated heterocycles. The number of nitrogens with zero attached hydrogens (tertiary/aromatic N) is 3.